The molecule has 0 atom stereocenters. The molecule has 1 aromatic carbocycles. The summed E-state index contributed by atoms with van der Waals surface area (Å²) in [5.41, 5.74) is 3.80. The number of rotatable bonds is 5. The Morgan fingerprint density at radius 1 is 1.38 bits per heavy atom. The molecule has 1 amide bonds. The lowest BCUT2D eigenvalue weighted by Crippen LogP contribution is -2.39. The topological polar surface area (TPSA) is 51.2 Å². The van der Waals surface area contributed by atoms with E-state index in [2.05, 4.69) is 22.4 Å². The van der Waals surface area contributed by atoms with Crippen LogP contribution in [-0.4, -0.2) is 17.0 Å². The molecule has 1 saturated carbocycles. The van der Waals surface area contributed by atoms with Gasteiger partial charge in [0.15, 0.2) is 0 Å². The third-order valence-electron chi connectivity index (χ3n) is 3.78. The van der Waals surface area contributed by atoms with Crippen LogP contribution in [0.25, 0.3) is 0 Å². The number of thiazole rings is 1. The van der Waals surface area contributed by atoms with E-state index in [0.717, 1.165) is 23.5 Å². The molecule has 3 rings (SSSR count). The maximum Gasteiger partial charge on any atom is 0.228 e. The minimum absolute atomic E-state index is 0.0623. The summed E-state index contributed by atoms with van der Waals surface area (Å²) in [5.74, 6) is 0.147. The monoisotopic (exact) mass is 302 g/mol. The van der Waals surface area contributed by atoms with Crippen molar-refractivity contribution in [1.82, 2.24) is 4.98 Å². The average Bonchev–Trinajstić information content (AvgIpc) is 2.83. The zero-order valence-corrected chi connectivity index (χ0v) is 12.7. The smallest absolute Gasteiger partial charge is 0.228 e. The number of ether oxygens (including phenoxy) is 1. The molecule has 0 spiro atoms. The molecular weight excluding hydrogens is 284 g/mol. The van der Waals surface area contributed by atoms with E-state index in [1.807, 2.05) is 25.1 Å². The summed E-state index contributed by atoms with van der Waals surface area (Å²) in [6, 6.07) is 10.1. The third-order valence-corrected chi connectivity index (χ3v) is 4.62. The first-order valence-electron chi connectivity index (χ1n) is 7.09. The Balaban J connectivity index is 1.41. The van der Waals surface area contributed by atoms with Gasteiger partial charge < -0.3 is 10.1 Å². The highest BCUT2D eigenvalue weighted by atomic mass is 32.1. The molecule has 5 heteroatoms. The highest BCUT2D eigenvalue weighted by Crippen LogP contribution is 2.32. The summed E-state index contributed by atoms with van der Waals surface area (Å²) in [7, 11) is 0. The van der Waals surface area contributed by atoms with E-state index in [-0.39, 0.29) is 17.9 Å². The van der Waals surface area contributed by atoms with Crippen molar-refractivity contribution in [2.24, 2.45) is 5.92 Å². The highest BCUT2D eigenvalue weighted by molar-refractivity contribution is 7.14. The van der Waals surface area contributed by atoms with Crippen LogP contribution < -0.4 is 5.32 Å². The molecule has 0 saturated heterocycles. The fraction of sp³-hybridized carbons (Fsp3) is 0.375. The lowest BCUT2D eigenvalue weighted by molar-refractivity contribution is -0.129. The van der Waals surface area contributed by atoms with Gasteiger partial charge in [0.2, 0.25) is 5.91 Å². The van der Waals surface area contributed by atoms with E-state index in [4.69, 9.17) is 4.74 Å². The quantitative estimate of drug-likeness (QED) is 0.921. The number of nitrogens with one attached hydrogen (secondary N) is 1. The molecule has 1 heterocycles. The Morgan fingerprint density at radius 3 is 2.81 bits per heavy atom. The van der Waals surface area contributed by atoms with E-state index in [1.165, 1.54) is 16.9 Å². The van der Waals surface area contributed by atoms with Crippen molar-refractivity contribution in [2.45, 2.75) is 32.5 Å². The van der Waals surface area contributed by atoms with Gasteiger partial charge in [-0.3, -0.25) is 4.79 Å². The van der Waals surface area contributed by atoms with Crippen LogP contribution in [0.5, 0.6) is 0 Å². The number of nitrogens with zero attached hydrogens (tertiary/aromatic N) is 1. The van der Waals surface area contributed by atoms with E-state index in [9.17, 15) is 4.79 Å². The van der Waals surface area contributed by atoms with Crippen molar-refractivity contribution in [3.05, 3.63) is 47.1 Å². The molecule has 4 nitrogen and oxygen atoms in total. The van der Waals surface area contributed by atoms with Crippen molar-refractivity contribution in [2.75, 3.05) is 5.32 Å². The van der Waals surface area contributed by atoms with Crippen LogP contribution >= 0.6 is 11.3 Å². The molecule has 0 unspecified atom stereocenters. The van der Waals surface area contributed by atoms with Crippen LogP contribution in [-0.2, 0) is 16.1 Å². The average molecular weight is 302 g/mol. The summed E-state index contributed by atoms with van der Waals surface area (Å²) in [5, 5.41) is 3.80. The number of aromatic nitrogens is 1. The summed E-state index contributed by atoms with van der Waals surface area (Å²) in [6.45, 7) is 2.52. The fourth-order valence-electron chi connectivity index (χ4n) is 2.34. The van der Waals surface area contributed by atoms with Crippen LogP contribution in [0.15, 0.2) is 35.8 Å². The van der Waals surface area contributed by atoms with Gasteiger partial charge in [0.25, 0.3) is 0 Å². The summed E-state index contributed by atoms with van der Waals surface area (Å²) >= 11 is 1.46. The zero-order chi connectivity index (χ0) is 14.7. The molecule has 0 bridgehead atoms. The van der Waals surface area contributed by atoms with Gasteiger partial charge in [-0.15, -0.1) is 11.3 Å². The van der Waals surface area contributed by atoms with Gasteiger partial charge >= 0.3 is 0 Å². The molecule has 1 aliphatic carbocycles. The predicted molar refractivity (Wildman–Crippen MR) is 83.2 cm³/mol. The second-order valence-electron chi connectivity index (χ2n) is 5.34. The van der Waals surface area contributed by atoms with E-state index >= 15 is 0 Å². The van der Waals surface area contributed by atoms with Gasteiger partial charge in [0.1, 0.15) is 5.00 Å². The third kappa shape index (κ3) is 3.49. The number of anilines is 1. The second kappa shape index (κ2) is 6.37. The van der Waals surface area contributed by atoms with Gasteiger partial charge in [0.05, 0.1) is 23.9 Å². The van der Waals surface area contributed by atoms with Gasteiger partial charge in [-0.2, -0.15) is 0 Å². The number of hydrogen-bond acceptors (Lipinski definition) is 4. The first kappa shape index (κ1) is 14.2. The molecule has 0 radical (unpaired) electrons. The second-order valence-corrected chi connectivity index (χ2v) is 6.20. The molecule has 1 N–H and O–H groups in total. The van der Waals surface area contributed by atoms with Crippen molar-refractivity contribution in [1.29, 1.82) is 0 Å². The zero-order valence-electron chi connectivity index (χ0n) is 11.9. The lowest BCUT2D eigenvalue weighted by atomic mass is 9.81. The maximum absolute atomic E-state index is 12.1. The van der Waals surface area contributed by atoms with Gasteiger partial charge in [-0.05, 0) is 25.3 Å². The van der Waals surface area contributed by atoms with Crippen molar-refractivity contribution >= 4 is 22.2 Å². The van der Waals surface area contributed by atoms with Gasteiger partial charge in [-0.1, -0.05) is 30.3 Å². The maximum atomic E-state index is 12.1. The SMILES string of the molecule is Cc1ncsc1NC(=O)C1CC(OCc2ccccc2)C1. The Bertz CT molecular complexity index is 606. The van der Waals surface area contributed by atoms with Crippen LogP contribution in [0.1, 0.15) is 24.1 Å². The minimum atomic E-state index is 0.0623. The van der Waals surface area contributed by atoms with Crippen molar-refractivity contribution < 1.29 is 9.53 Å². The summed E-state index contributed by atoms with van der Waals surface area (Å²) < 4.78 is 5.81. The van der Waals surface area contributed by atoms with Crippen LogP contribution in [0.2, 0.25) is 0 Å². The number of benzene rings is 1. The Morgan fingerprint density at radius 2 is 2.14 bits per heavy atom. The number of carbonyl (C=O) groups is 1. The number of carbonyl (C=O) groups excluding carboxylic acids is 1. The lowest BCUT2D eigenvalue weighted by Gasteiger charge is -2.33. The van der Waals surface area contributed by atoms with Crippen molar-refractivity contribution in [3.63, 3.8) is 0 Å². The van der Waals surface area contributed by atoms with Crippen LogP contribution in [0, 0.1) is 12.8 Å². The van der Waals surface area contributed by atoms with Gasteiger partial charge in [0, 0.05) is 5.92 Å². The fourth-order valence-corrected chi connectivity index (χ4v) is 3.04. The van der Waals surface area contributed by atoms with Crippen LogP contribution in [0.3, 0.4) is 0 Å². The molecule has 2 aromatic rings. The Kier molecular flexibility index (Phi) is 4.31. The largest absolute Gasteiger partial charge is 0.373 e. The first-order chi connectivity index (χ1) is 10.2. The summed E-state index contributed by atoms with van der Waals surface area (Å²) in [6.07, 6.45) is 1.80. The van der Waals surface area contributed by atoms with Crippen LogP contribution in [0.4, 0.5) is 5.00 Å². The minimum Gasteiger partial charge on any atom is -0.373 e. The molecule has 1 aromatic heterocycles. The molecule has 1 fully saturated rings. The molecule has 110 valence electrons. The van der Waals surface area contributed by atoms with E-state index < -0.39 is 0 Å². The number of hydrogen-bond donors (Lipinski definition) is 1. The Hall–Kier alpha value is -1.72. The van der Waals surface area contributed by atoms with E-state index in [1.54, 1.807) is 5.51 Å². The number of amides is 1. The highest BCUT2D eigenvalue weighted by Gasteiger charge is 2.35. The molecule has 0 aliphatic heterocycles. The molecular formula is C16H18N2O2S. The first-order valence-corrected chi connectivity index (χ1v) is 7.97. The van der Waals surface area contributed by atoms with E-state index in [0.29, 0.717) is 6.61 Å². The Labute approximate surface area is 128 Å². The molecule has 21 heavy (non-hydrogen) atoms. The normalized spacial score (nSPS) is 20.8. The van der Waals surface area contributed by atoms with Crippen molar-refractivity contribution in [3.8, 4) is 0 Å². The van der Waals surface area contributed by atoms with Gasteiger partial charge in [-0.25, -0.2) is 4.98 Å². The standard InChI is InChI=1S/C16H18N2O2S/c1-11-16(21-10-17-11)18-15(19)13-7-14(8-13)20-9-12-5-3-2-4-6-12/h2-6,10,13-14H,7-9H2,1H3,(H,18,19). The summed E-state index contributed by atoms with van der Waals surface area (Å²) in [4.78, 5) is 16.2. The molecule has 1 aliphatic rings. The predicted octanol–water partition coefficient (Wildman–Crippen LogP) is 3.39. The number of aryl methyl sites for hydroxylation is 1.